The predicted octanol–water partition coefficient (Wildman–Crippen LogP) is 2.32. The molecule has 3 atom stereocenters. The van der Waals surface area contributed by atoms with Gasteiger partial charge in [-0.05, 0) is 24.7 Å². The van der Waals surface area contributed by atoms with Crippen LogP contribution in [0.3, 0.4) is 0 Å². The quantitative estimate of drug-likeness (QED) is 0.154. The van der Waals surface area contributed by atoms with E-state index in [2.05, 4.69) is 13.8 Å². The third-order valence-electron chi connectivity index (χ3n) is 5.00. The van der Waals surface area contributed by atoms with Gasteiger partial charge in [0, 0.05) is 0 Å². The SMILES string of the molecule is CCCCC(CC)COC(=O)CC(C(=O)OCC(CC)CCCC)S(=O)(=O)O.[BiH3].[NaH]. The van der Waals surface area contributed by atoms with Crippen molar-refractivity contribution in [2.75, 3.05) is 13.2 Å². The van der Waals surface area contributed by atoms with Gasteiger partial charge in [0.2, 0.25) is 0 Å². The Bertz CT molecular complexity index is 557. The van der Waals surface area contributed by atoms with Crippen molar-refractivity contribution in [2.24, 2.45) is 11.8 Å². The summed E-state index contributed by atoms with van der Waals surface area (Å²) in [6, 6.07) is 0. The molecular weight excluding hydrogens is 616 g/mol. The Labute approximate surface area is 224 Å². The molecule has 0 aliphatic carbocycles. The summed E-state index contributed by atoms with van der Waals surface area (Å²) in [5.74, 6) is -1.61. The van der Waals surface area contributed by atoms with Crippen LogP contribution in [-0.4, -0.2) is 99.1 Å². The van der Waals surface area contributed by atoms with Crippen molar-refractivity contribution in [3.8, 4) is 0 Å². The van der Waals surface area contributed by atoms with Crippen molar-refractivity contribution in [1.29, 1.82) is 0 Å². The molecule has 10 heteroatoms. The first-order valence-electron chi connectivity index (χ1n) is 10.5. The maximum absolute atomic E-state index is 12.2. The van der Waals surface area contributed by atoms with Crippen molar-refractivity contribution < 1.29 is 32.0 Å². The molecule has 0 heterocycles. The van der Waals surface area contributed by atoms with Crippen LogP contribution in [0.2, 0.25) is 0 Å². The van der Waals surface area contributed by atoms with Gasteiger partial charge < -0.3 is 9.47 Å². The number of rotatable bonds is 16. The van der Waals surface area contributed by atoms with E-state index in [4.69, 9.17) is 9.47 Å². The first-order valence-corrected chi connectivity index (χ1v) is 12.0. The van der Waals surface area contributed by atoms with E-state index in [0.717, 1.165) is 51.4 Å². The second-order valence-corrected chi connectivity index (χ2v) is 8.95. The average Bonchev–Trinajstić information content (AvgIpc) is 2.65. The van der Waals surface area contributed by atoms with Gasteiger partial charge in [0.15, 0.2) is 5.25 Å². The van der Waals surface area contributed by atoms with Crippen molar-refractivity contribution in [2.45, 2.75) is 90.7 Å². The second kappa shape index (κ2) is 20.3. The number of hydrogen-bond donors (Lipinski definition) is 1. The predicted molar refractivity (Wildman–Crippen MR) is 126 cm³/mol. The molecule has 0 spiro atoms. The molecule has 1 N–H and O–H groups in total. The van der Waals surface area contributed by atoms with Crippen molar-refractivity contribution in [3.05, 3.63) is 0 Å². The summed E-state index contributed by atoms with van der Waals surface area (Å²) in [6.45, 7) is 8.35. The van der Waals surface area contributed by atoms with E-state index in [-0.39, 0.29) is 80.8 Å². The molecule has 30 heavy (non-hydrogen) atoms. The van der Waals surface area contributed by atoms with E-state index >= 15 is 0 Å². The minimum atomic E-state index is -4.76. The van der Waals surface area contributed by atoms with Gasteiger partial charge in [-0.2, -0.15) is 8.42 Å². The molecule has 0 fully saturated rings. The molecule has 7 nitrogen and oxygen atoms in total. The number of hydrogen-bond acceptors (Lipinski definition) is 6. The van der Waals surface area contributed by atoms with Crippen LogP contribution < -0.4 is 0 Å². The summed E-state index contributed by atoms with van der Waals surface area (Å²) in [4.78, 5) is 24.2. The first kappa shape index (κ1) is 35.3. The van der Waals surface area contributed by atoms with Gasteiger partial charge in [-0.15, -0.1) is 0 Å². The van der Waals surface area contributed by atoms with Crippen molar-refractivity contribution in [1.82, 2.24) is 0 Å². The number of carbonyl (C=O) groups excluding carboxylic acids is 2. The fourth-order valence-electron chi connectivity index (χ4n) is 2.82. The van der Waals surface area contributed by atoms with Gasteiger partial charge in [0.25, 0.3) is 10.1 Å². The summed E-state index contributed by atoms with van der Waals surface area (Å²) in [7, 11) is -4.76. The Morgan fingerprint density at radius 3 is 1.67 bits per heavy atom. The van der Waals surface area contributed by atoms with E-state index in [0.29, 0.717) is 0 Å². The fourth-order valence-corrected chi connectivity index (χ4v) is 3.48. The monoisotopic (exact) mass is 658 g/mol. The van der Waals surface area contributed by atoms with Crippen LogP contribution in [-0.2, 0) is 29.2 Å². The Kier molecular flexibility index (Phi) is 24.0. The number of esters is 2. The first-order chi connectivity index (χ1) is 13.2. The zero-order chi connectivity index (χ0) is 21.6. The molecule has 0 aromatic heterocycles. The van der Waals surface area contributed by atoms with Gasteiger partial charge in [-0.1, -0.05) is 66.2 Å². The second-order valence-electron chi connectivity index (χ2n) is 7.35. The third-order valence-corrected chi connectivity index (χ3v) is 6.08. The zero-order valence-electron chi connectivity index (χ0n) is 18.5. The van der Waals surface area contributed by atoms with E-state index in [1.54, 1.807) is 0 Å². The average molecular weight is 659 g/mol. The number of unbranched alkanes of at least 4 members (excludes halogenated alkanes) is 2. The molecule has 0 aromatic rings. The minimum absolute atomic E-state index is 0. The summed E-state index contributed by atoms with van der Waals surface area (Å²) in [6.07, 6.45) is 6.74. The van der Waals surface area contributed by atoms with Crippen LogP contribution in [0.15, 0.2) is 0 Å². The van der Waals surface area contributed by atoms with Crippen LogP contribution in [0.4, 0.5) is 0 Å². The Hall–Kier alpha value is 0.733. The van der Waals surface area contributed by atoms with Crippen LogP contribution in [0.5, 0.6) is 0 Å². The number of carbonyl (C=O) groups is 2. The Balaban J connectivity index is -0.00000364. The van der Waals surface area contributed by atoms with Gasteiger partial charge >= 0.3 is 67.7 Å². The molecular formula is C20H42BiNaO7S. The molecule has 0 aromatic carbocycles. The molecule has 0 aliphatic rings. The van der Waals surface area contributed by atoms with Crippen LogP contribution >= 0.6 is 0 Å². The van der Waals surface area contributed by atoms with E-state index < -0.39 is 33.7 Å². The topological polar surface area (TPSA) is 107 Å². The molecule has 0 bridgehead atoms. The van der Waals surface area contributed by atoms with E-state index in [9.17, 15) is 22.6 Å². The molecule has 0 saturated carbocycles. The summed E-state index contributed by atoms with van der Waals surface area (Å²) in [5, 5.41) is -1.95. The summed E-state index contributed by atoms with van der Waals surface area (Å²) < 4.78 is 42.8. The summed E-state index contributed by atoms with van der Waals surface area (Å²) >= 11 is 0. The Morgan fingerprint density at radius 1 is 0.867 bits per heavy atom. The van der Waals surface area contributed by atoms with Crippen molar-refractivity contribution >= 4 is 77.8 Å². The standard InChI is InChI=1S/C20H38O7S.Bi.Na.4H/c1-5-9-11-16(7-3)14-26-19(21)13-18(28(23,24)25)20(22)27-15-17(8-4)12-10-6-2;;;;;;/h16-18H,5-15H2,1-4H3,(H,23,24,25);;;;;;. The van der Waals surface area contributed by atoms with Crippen LogP contribution in [0.25, 0.3) is 0 Å². The van der Waals surface area contributed by atoms with Gasteiger partial charge in [0.1, 0.15) is 0 Å². The molecule has 0 aliphatic heterocycles. The maximum atomic E-state index is 12.2. The van der Waals surface area contributed by atoms with Crippen LogP contribution in [0, 0.1) is 11.8 Å². The normalized spacial score (nSPS) is 13.9. The van der Waals surface area contributed by atoms with Crippen molar-refractivity contribution in [3.63, 3.8) is 0 Å². The van der Waals surface area contributed by atoms with E-state index in [1.807, 2.05) is 13.8 Å². The summed E-state index contributed by atoms with van der Waals surface area (Å²) in [5.41, 5.74) is 0. The molecule has 0 rings (SSSR count). The van der Waals surface area contributed by atoms with Gasteiger partial charge in [-0.3, -0.25) is 14.1 Å². The van der Waals surface area contributed by atoms with E-state index in [1.165, 1.54) is 0 Å². The zero-order valence-corrected chi connectivity index (χ0v) is 24.8. The third kappa shape index (κ3) is 16.4. The van der Waals surface area contributed by atoms with Crippen LogP contribution in [0.1, 0.15) is 85.5 Å². The molecule has 3 unspecified atom stereocenters. The molecule has 0 radical (unpaired) electrons. The molecule has 176 valence electrons. The molecule has 0 amide bonds. The van der Waals surface area contributed by atoms with Gasteiger partial charge in [-0.25, -0.2) is 0 Å². The molecule has 0 saturated heterocycles. The number of ether oxygens (including phenoxy) is 2. The Morgan fingerprint density at radius 2 is 1.30 bits per heavy atom. The fraction of sp³-hybridized carbons (Fsp3) is 0.900. The van der Waals surface area contributed by atoms with Gasteiger partial charge in [0.05, 0.1) is 19.6 Å².